The third-order valence-corrected chi connectivity index (χ3v) is 16.7. The molecule has 74 heavy (non-hydrogen) atoms. The molecule has 22 heteroatoms. The molecule has 2 N–H and O–H groups in total. The highest BCUT2D eigenvalue weighted by atomic mass is 35.5. The fourth-order valence-corrected chi connectivity index (χ4v) is 12.3. The second-order valence-corrected chi connectivity index (χ2v) is 23.6. The predicted octanol–water partition coefficient (Wildman–Crippen LogP) is 7.16. The summed E-state index contributed by atoms with van der Waals surface area (Å²) in [6.07, 6.45) is 0.746. The van der Waals surface area contributed by atoms with Crippen molar-refractivity contribution < 1.29 is 54.8 Å². The van der Waals surface area contributed by atoms with Gasteiger partial charge in [-0.2, -0.15) is 0 Å². The molecular weight excluding hydrogens is 1080 g/mol. The maximum Gasteiger partial charge on any atom is 0.287 e. The smallest absolute Gasteiger partial charge is 0.287 e. The molecule has 4 aromatic rings. The van der Waals surface area contributed by atoms with Gasteiger partial charge in [-0.1, -0.05) is 70.7 Å². The Bertz CT molecular complexity index is 2540. The fourth-order valence-electron chi connectivity index (χ4n) is 8.75. The van der Waals surface area contributed by atoms with Crippen molar-refractivity contribution >= 4 is 78.0 Å². The molecule has 0 bridgehead atoms. The number of halogens is 4. The van der Waals surface area contributed by atoms with Crippen LogP contribution in [0, 0.1) is 0 Å². The number of nitrogens with zero attached hydrogens (tertiary/aromatic N) is 2. The van der Waals surface area contributed by atoms with Gasteiger partial charge in [0.25, 0.3) is 5.91 Å². The number of likely N-dealkylation sites (N-methyl/N-ethyl adjacent to an activating group) is 2. The molecule has 6 rings (SSSR count). The summed E-state index contributed by atoms with van der Waals surface area (Å²) in [6.45, 7) is 6.23. The number of ketones is 1. The van der Waals surface area contributed by atoms with Crippen LogP contribution in [0.15, 0.2) is 82.6 Å². The fraction of sp³-hybridized carbons (Fsp3) is 0.500. The van der Waals surface area contributed by atoms with E-state index in [0.29, 0.717) is 85.5 Å². The lowest BCUT2D eigenvalue weighted by Crippen LogP contribution is -2.33. The molecule has 406 valence electrons. The molecule has 2 heterocycles. The Kier molecular flexibility index (Phi) is 24.3. The molecule has 0 spiro atoms. The van der Waals surface area contributed by atoms with Gasteiger partial charge in [-0.25, -0.2) is 21.6 Å². The van der Waals surface area contributed by atoms with Crippen molar-refractivity contribution in [3.63, 3.8) is 0 Å². The van der Waals surface area contributed by atoms with Gasteiger partial charge in [-0.15, -0.1) is 0 Å². The first kappa shape index (κ1) is 60.0. The quantitative estimate of drug-likeness (QED) is 0.0370. The maximum atomic E-state index is 13.2. The number of hydrogen-bond acceptors (Lipinski definition) is 14. The first-order chi connectivity index (χ1) is 35.5. The number of fused-ring (bicyclic) bond motifs is 2. The summed E-state index contributed by atoms with van der Waals surface area (Å²) < 4.78 is 88.4. The number of amides is 1. The van der Waals surface area contributed by atoms with E-state index in [1.54, 1.807) is 48.5 Å². The van der Waals surface area contributed by atoms with Crippen molar-refractivity contribution in [3.8, 4) is 0 Å². The van der Waals surface area contributed by atoms with Crippen LogP contribution in [0.5, 0.6) is 0 Å². The second-order valence-electron chi connectivity index (χ2n) is 18.1. The summed E-state index contributed by atoms with van der Waals surface area (Å²) in [5.41, 5.74) is 5.74. The number of sulfonamides is 1. The zero-order chi connectivity index (χ0) is 53.1. The van der Waals surface area contributed by atoms with Gasteiger partial charge >= 0.3 is 0 Å². The molecule has 0 saturated heterocycles. The molecule has 0 saturated carbocycles. The van der Waals surface area contributed by atoms with Gasteiger partial charge in [0.05, 0.1) is 81.6 Å². The summed E-state index contributed by atoms with van der Waals surface area (Å²) in [4.78, 5) is 29.1. The van der Waals surface area contributed by atoms with Crippen LogP contribution in [0.25, 0.3) is 0 Å². The Hall–Kier alpha value is -3.28. The van der Waals surface area contributed by atoms with Gasteiger partial charge in [0, 0.05) is 90.8 Å². The maximum absolute atomic E-state index is 13.2. The molecule has 0 aromatic heterocycles. The van der Waals surface area contributed by atoms with E-state index in [-0.39, 0.29) is 99.7 Å². The molecule has 1 amide bonds. The normalized spacial score (nSPS) is 16.2. The second kappa shape index (κ2) is 30.0. The van der Waals surface area contributed by atoms with Gasteiger partial charge in [0.1, 0.15) is 0 Å². The van der Waals surface area contributed by atoms with E-state index in [1.165, 1.54) is 0 Å². The molecular formula is C52H66Cl4N4O12S2. The molecule has 0 aliphatic carbocycles. The Morgan fingerprint density at radius 3 is 1.54 bits per heavy atom. The average molecular weight is 1150 g/mol. The first-order valence-corrected chi connectivity index (χ1v) is 29.2. The number of Topliss-reactive ketones (excluding diaryl/α,β-unsaturated/α-hetero) is 1. The SMILES string of the molecule is CN1Cc2c(Cl)cc(Cl)cc2C(c2cccc(S(=O)(=O)CCCOCCOCCOCCCC(=O)C(=O)NCCOCCOCCOCCNS(=O)(=O)c3cccc(C4CN(C)Cc5c(Cl)cc(Cl)cc54)c3)c2)C1. The van der Waals surface area contributed by atoms with Gasteiger partial charge in [0.15, 0.2) is 9.84 Å². The molecule has 0 fully saturated rings. The highest BCUT2D eigenvalue weighted by Gasteiger charge is 2.30. The lowest BCUT2D eigenvalue weighted by Gasteiger charge is -2.33. The summed E-state index contributed by atoms with van der Waals surface area (Å²) in [7, 11) is -3.33. The van der Waals surface area contributed by atoms with Crippen molar-refractivity contribution in [3.05, 3.63) is 126 Å². The molecule has 16 nitrogen and oxygen atoms in total. The van der Waals surface area contributed by atoms with Crippen LogP contribution in [-0.4, -0.2) is 164 Å². The van der Waals surface area contributed by atoms with E-state index in [0.717, 1.165) is 33.4 Å². The minimum atomic E-state index is -3.79. The van der Waals surface area contributed by atoms with Crippen LogP contribution in [0.2, 0.25) is 20.1 Å². The number of ether oxygens (including phenoxy) is 6. The minimum Gasteiger partial charge on any atom is -0.379 e. The zero-order valence-corrected chi connectivity index (χ0v) is 46.4. The molecule has 2 aliphatic rings. The minimum absolute atomic E-state index is 0.0383. The Morgan fingerprint density at radius 2 is 1.01 bits per heavy atom. The Labute approximate surface area is 455 Å². The molecule has 2 unspecified atom stereocenters. The number of sulfone groups is 1. The van der Waals surface area contributed by atoms with Crippen molar-refractivity contribution in [2.45, 2.75) is 54.0 Å². The number of rotatable bonds is 32. The Morgan fingerprint density at radius 1 is 0.568 bits per heavy atom. The topological polar surface area (TPSA) is 188 Å². The number of benzene rings is 4. The summed E-state index contributed by atoms with van der Waals surface area (Å²) >= 11 is 25.7. The van der Waals surface area contributed by atoms with Gasteiger partial charge in [-0.3, -0.25) is 9.59 Å². The molecule has 4 aromatic carbocycles. The number of carbonyl (C=O) groups excluding carboxylic acids is 2. The highest BCUT2D eigenvalue weighted by Crippen LogP contribution is 2.40. The van der Waals surface area contributed by atoms with Crippen LogP contribution in [0.4, 0.5) is 0 Å². The summed E-state index contributed by atoms with van der Waals surface area (Å²) in [5, 5.41) is 4.83. The monoisotopic (exact) mass is 1140 g/mol. The van der Waals surface area contributed by atoms with E-state index < -0.39 is 31.6 Å². The molecule has 2 aliphatic heterocycles. The van der Waals surface area contributed by atoms with Crippen LogP contribution in [0.3, 0.4) is 0 Å². The number of carbonyl (C=O) groups is 2. The van der Waals surface area contributed by atoms with Gasteiger partial charge in [-0.05, 0) is 109 Å². The van der Waals surface area contributed by atoms with Crippen molar-refractivity contribution in [1.82, 2.24) is 19.8 Å². The third kappa shape index (κ3) is 18.4. The molecule has 2 atom stereocenters. The van der Waals surface area contributed by atoms with E-state index in [9.17, 15) is 26.4 Å². The summed E-state index contributed by atoms with van der Waals surface area (Å²) in [6, 6.07) is 21.3. The largest absolute Gasteiger partial charge is 0.379 e. The number of hydrogen-bond donors (Lipinski definition) is 2. The van der Waals surface area contributed by atoms with Crippen molar-refractivity contribution in [1.29, 1.82) is 0 Å². The van der Waals surface area contributed by atoms with Crippen molar-refractivity contribution in [2.24, 2.45) is 0 Å². The van der Waals surface area contributed by atoms with Crippen LogP contribution >= 0.6 is 46.4 Å². The lowest BCUT2D eigenvalue weighted by atomic mass is 9.85. The molecule has 0 radical (unpaired) electrons. The predicted molar refractivity (Wildman–Crippen MR) is 286 cm³/mol. The van der Waals surface area contributed by atoms with Crippen LogP contribution in [-0.2, 0) is 71.0 Å². The van der Waals surface area contributed by atoms with Crippen LogP contribution < -0.4 is 10.0 Å². The zero-order valence-electron chi connectivity index (χ0n) is 41.8. The van der Waals surface area contributed by atoms with Gasteiger partial charge in [0.2, 0.25) is 15.8 Å². The standard InChI is InChI=1S/C52H66Cl4N4O12S2/c1-59-33-45(43-29-39(53)31-49(55)47(43)35-59)37-7-3-9-41(27-37)73(63,64)26-6-15-68-19-23-71-22-18-67-14-5-11-51(61)52(62)57-12-16-69-20-24-72-25-21-70-17-13-58-74(65,66)42-10-4-8-38(28-42)46-34-60(2)36-48-44(46)30-40(54)32-50(48)56/h3-4,7-10,27-32,45-46,58H,5-6,11-26,33-36H2,1-2H3,(H,57,62). The third-order valence-electron chi connectivity index (χ3n) is 12.4. The van der Waals surface area contributed by atoms with E-state index >= 15 is 0 Å². The van der Waals surface area contributed by atoms with Gasteiger partial charge < -0.3 is 43.5 Å². The lowest BCUT2D eigenvalue weighted by molar-refractivity contribution is -0.138. The van der Waals surface area contributed by atoms with E-state index in [1.807, 2.05) is 38.4 Å². The Balaban J connectivity index is 0.708. The highest BCUT2D eigenvalue weighted by molar-refractivity contribution is 7.91. The van der Waals surface area contributed by atoms with Crippen molar-refractivity contribution in [2.75, 3.05) is 125 Å². The van der Waals surface area contributed by atoms with E-state index in [2.05, 4.69) is 19.8 Å². The summed E-state index contributed by atoms with van der Waals surface area (Å²) in [5.74, 6) is -1.45. The first-order valence-electron chi connectivity index (χ1n) is 24.5. The number of nitrogens with one attached hydrogen (secondary N) is 2. The van der Waals surface area contributed by atoms with E-state index in [4.69, 9.17) is 74.8 Å². The van der Waals surface area contributed by atoms with Crippen LogP contribution in [0.1, 0.15) is 64.5 Å². The average Bonchev–Trinajstić information content (AvgIpc) is 3.36.